The lowest BCUT2D eigenvalue weighted by atomic mass is 9.90. The molecule has 1 unspecified atom stereocenters. The summed E-state index contributed by atoms with van der Waals surface area (Å²) in [6, 6.07) is 8.58. The molecule has 1 aromatic carbocycles. The van der Waals surface area contributed by atoms with Crippen LogP contribution < -0.4 is 10.2 Å². The van der Waals surface area contributed by atoms with Gasteiger partial charge in [0.05, 0.1) is 6.61 Å². The maximum Gasteiger partial charge on any atom is 0.198 e. The van der Waals surface area contributed by atoms with Crippen molar-refractivity contribution in [3.8, 4) is 0 Å². The highest BCUT2D eigenvalue weighted by Crippen LogP contribution is 2.29. The number of aliphatic imine (C=N–C) groups is 1. The fourth-order valence-electron chi connectivity index (χ4n) is 2.99. The van der Waals surface area contributed by atoms with Crippen LogP contribution in [0.2, 0.25) is 0 Å². The highest BCUT2D eigenvalue weighted by Gasteiger charge is 2.31. The first-order valence-corrected chi connectivity index (χ1v) is 7.36. The Labute approximate surface area is 144 Å². The van der Waals surface area contributed by atoms with Crippen LogP contribution in [0.4, 0.5) is 5.69 Å². The largest absolute Gasteiger partial charge is 0.381 e. The zero-order valence-corrected chi connectivity index (χ0v) is 15.1. The van der Waals surface area contributed by atoms with Gasteiger partial charge in [0.1, 0.15) is 0 Å². The predicted octanol–water partition coefficient (Wildman–Crippen LogP) is 2.67. The van der Waals surface area contributed by atoms with Crippen molar-refractivity contribution in [2.75, 3.05) is 38.3 Å². The highest BCUT2D eigenvalue weighted by molar-refractivity contribution is 14.0. The summed E-state index contributed by atoms with van der Waals surface area (Å²) < 4.78 is 5.51. The second-order valence-corrected chi connectivity index (χ2v) is 6.04. The van der Waals surface area contributed by atoms with Crippen molar-refractivity contribution < 1.29 is 4.74 Å². The van der Waals surface area contributed by atoms with Crippen LogP contribution in [0.1, 0.15) is 18.9 Å². The Bertz CT molecular complexity index is 512. The van der Waals surface area contributed by atoms with Gasteiger partial charge in [0.2, 0.25) is 0 Å². The van der Waals surface area contributed by atoms with Crippen molar-refractivity contribution in [2.45, 2.75) is 19.8 Å². The van der Waals surface area contributed by atoms with Gasteiger partial charge >= 0.3 is 0 Å². The third-order valence-corrected chi connectivity index (χ3v) is 4.33. The number of nitrogens with zero attached hydrogens (tertiary/aromatic N) is 2. The van der Waals surface area contributed by atoms with E-state index in [0.717, 1.165) is 45.1 Å². The SMILES string of the molecule is CN=C(NCC1(C)CCOC1)N1CCc2ccccc21.I. The van der Waals surface area contributed by atoms with E-state index >= 15 is 0 Å². The van der Waals surface area contributed by atoms with E-state index in [9.17, 15) is 0 Å². The Balaban J connectivity index is 0.00000161. The fourth-order valence-corrected chi connectivity index (χ4v) is 2.99. The molecule has 1 atom stereocenters. The first kappa shape index (κ1) is 16.5. The summed E-state index contributed by atoms with van der Waals surface area (Å²) in [5.41, 5.74) is 2.93. The Morgan fingerprint density at radius 3 is 2.95 bits per heavy atom. The summed E-state index contributed by atoms with van der Waals surface area (Å²) in [5.74, 6) is 0.975. The molecule has 2 heterocycles. The molecule has 1 fully saturated rings. The average molecular weight is 401 g/mol. The fraction of sp³-hybridized carbons (Fsp3) is 0.562. The zero-order chi connectivity index (χ0) is 14.0. The monoisotopic (exact) mass is 401 g/mol. The summed E-state index contributed by atoms with van der Waals surface area (Å²) in [7, 11) is 1.86. The second kappa shape index (κ2) is 6.96. The zero-order valence-electron chi connectivity index (χ0n) is 12.8. The lowest BCUT2D eigenvalue weighted by molar-refractivity contribution is 0.160. The van der Waals surface area contributed by atoms with Crippen LogP contribution in [-0.4, -0.2) is 39.3 Å². The van der Waals surface area contributed by atoms with Gasteiger partial charge < -0.3 is 15.0 Å². The molecule has 0 bridgehead atoms. The van der Waals surface area contributed by atoms with Gasteiger partial charge in [-0.2, -0.15) is 0 Å². The van der Waals surface area contributed by atoms with Crippen LogP contribution in [0.5, 0.6) is 0 Å². The van der Waals surface area contributed by atoms with Crippen LogP contribution in [0, 0.1) is 5.41 Å². The molecule has 1 saturated heterocycles. The van der Waals surface area contributed by atoms with Gasteiger partial charge in [-0.3, -0.25) is 4.99 Å². The topological polar surface area (TPSA) is 36.9 Å². The molecule has 0 saturated carbocycles. The number of fused-ring (bicyclic) bond motifs is 1. The minimum Gasteiger partial charge on any atom is -0.381 e. The number of para-hydroxylation sites is 1. The van der Waals surface area contributed by atoms with Crippen LogP contribution in [0.3, 0.4) is 0 Å². The number of rotatable bonds is 2. The number of halogens is 1. The minimum atomic E-state index is 0. The van der Waals surface area contributed by atoms with E-state index in [1.165, 1.54) is 11.3 Å². The summed E-state index contributed by atoms with van der Waals surface area (Å²) in [4.78, 5) is 6.74. The molecule has 3 rings (SSSR count). The molecule has 0 amide bonds. The van der Waals surface area contributed by atoms with E-state index in [1.807, 2.05) is 7.05 Å². The van der Waals surface area contributed by atoms with Gasteiger partial charge in [-0.05, 0) is 24.5 Å². The normalized spacial score (nSPS) is 24.7. The molecule has 1 aromatic rings. The molecular weight excluding hydrogens is 377 g/mol. The average Bonchev–Trinajstić information content (AvgIpc) is 3.07. The quantitative estimate of drug-likeness (QED) is 0.471. The molecule has 1 N–H and O–H groups in total. The third-order valence-electron chi connectivity index (χ3n) is 4.33. The van der Waals surface area contributed by atoms with E-state index in [4.69, 9.17) is 4.74 Å². The van der Waals surface area contributed by atoms with E-state index in [0.29, 0.717) is 0 Å². The van der Waals surface area contributed by atoms with Gasteiger partial charge in [0, 0.05) is 37.8 Å². The molecule has 0 radical (unpaired) electrons. The van der Waals surface area contributed by atoms with E-state index in [2.05, 4.69) is 46.4 Å². The first-order chi connectivity index (χ1) is 9.72. The number of benzene rings is 1. The highest BCUT2D eigenvalue weighted by atomic mass is 127. The molecule has 0 aromatic heterocycles. The van der Waals surface area contributed by atoms with Gasteiger partial charge in [0.15, 0.2) is 5.96 Å². The summed E-state index contributed by atoms with van der Waals surface area (Å²) in [6.45, 7) is 5.92. The van der Waals surface area contributed by atoms with E-state index in [1.54, 1.807) is 0 Å². The van der Waals surface area contributed by atoms with Crippen molar-refractivity contribution in [3.05, 3.63) is 29.8 Å². The maximum absolute atomic E-state index is 5.51. The molecule has 5 heteroatoms. The van der Waals surface area contributed by atoms with Crippen LogP contribution in [-0.2, 0) is 11.2 Å². The molecule has 116 valence electrons. The van der Waals surface area contributed by atoms with Gasteiger partial charge in [-0.25, -0.2) is 0 Å². The van der Waals surface area contributed by atoms with Gasteiger partial charge in [-0.1, -0.05) is 25.1 Å². The number of anilines is 1. The molecule has 2 aliphatic heterocycles. The second-order valence-electron chi connectivity index (χ2n) is 6.04. The maximum atomic E-state index is 5.51. The van der Waals surface area contributed by atoms with E-state index < -0.39 is 0 Å². The molecule has 0 spiro atoms. The lowest BCUT2D eigenvalue weighted by Crippen LogP contribution is -2.45. The first-order valence-electron chi connectivity index (χ1n) is 7.36. The van der Waals surface area contributed by atoms with Crippen molar-refractivity contribution in [2.24, 2.45) is 10.4 Å². The smallest absolute Gasteiger partial charge is 0.198 e. The Hall–Kier alpha value is -0.820. The van der Waals surface area contributed by atoms with Crippen LogP contribution >= 0.6 is 24.0 Å². The third kappa shape index (κ3) is 3.51. The molecule has 21 heavy (non-hydrogen) atoms. The number of hydrogen-bond donors (Lipinski definition) is 1. The van der Waals surface area contributed by atoms with Crippen LogP contribution in [0.15, 0.2) is 29.3 Å². The number of ether oxygens (including phenoxy) is 1. The summed E-state index contributed by atoms with van der Waals surface area (Å²) in [6.07, 6.45) is 2.21. The number of nitrogens with one attached hydrogen (secondary N) is 1. The van der Waals surface area contributed by atoms with Gasteiger partial charge in [-0.15, -0.1) is 24.0 Å². The lowest BCUT2D eigenvalue weighted by Gasteiger charge is -2.27. The summed E-state index contributed by atoms with van der Waals surface area (Å²) in [5, 5.41) is 3.53. The van der Waals surface area contributed by atoms with Crippen molar-refractivity contribution in [1.82, 2.24) is 5.32 Å². The number of guanidine groups is 1. The Morgan fingerprint density at radius 2 is 2.24 bits per heavy atom. The molecule has 0 aliphatic carbocycles. The van der Waals surface area contributed by atoms with Crippen molar-refractivity contribution in [1.29, 1.82) is 0 Å². The van der Waals surface area contributed by atoms with Gasteiger partial charge in [0.25, 0.3) is 0 Å². The Morgan fingerprint density at radius 1 is 1.43 bits per heavy atom. The number of hydrogen-bond acceptors (Lipinski definition) is 2. The predicted molar refractivity (Wildman–Crippen MR) is 97.8 cm³/mol. The van der Waals surface area contributed by atoms with Crippen molar-refractivity contribution in [3.63, 3.8) is 0 Å². The molecule has 4 nitrogen and oxygen atoms in total. The molecule has 2 aliphatic rings. The summed E-state index contributed by atoms with van der Waals surface area (Å²) >= 11 is 0. The van der Waals surface area contributed by atoms with Crippen molar-refractivity contribution >= 4 is 35.6 Å². The Kier molecular flexibility index (Phi) is 5.48. The molecular formula is C16H24IN3O. The minimum absolute atomic E-state index is 0. The standard InChI is InChI=1S/C16H23N3O.HI/c1-16(8-10-20-12-16)11-18-15(17-2)19-9-7-13-5-3-4-6-14(13)19;/h3-6H,7-12H2,1-2H3,(H,17,18);1H. The van der Waals surface area contributed by atoms with E-state index in [-0.39, 0.29) is 29.4 Å². The van der Waals surface area contributed by atoms with Crippen LogP contribution in [0.25, 0.3) is 0 Å².